The summed E-state index contributed by atoms with van der Waals surface area (Å²) in [6, 6.07) is 10.7. The van der Waals surface area contributed by atoms with Gasteiger partial charge in [-0.15, -0.1) is 0 Å². The molecule has 9 heteroatoms. The monoisotopic (exact) mass is 394 g/mol. The Morgan fingerprint density at radius 2 is 2.14 bits per heavy atom. The summed E-state index contributed by atoms with van der Waals surface area (Å²) in [5.41, 5.74) is 2.05. The summed E-state index contributed by atoms with van der Waals surface area (Å²) in [6.07, 6.45) is 7.27. The van der Waals surface area contributed by atoms with Gasteiger partial charge in [0.1, 0.15) is 0 Å². The normalized spacial score (nSPS) is 10.8. The fourth-order valence-electron chi connectivity index (χ4n) is 2.62. The average molecular weight is 395 g/mol. The SMILES string of the molecule is O=C(CCc1nc(-c2cccnc2)no1)Nc1cc(Cl)ccc1-n1cccn1. The first kappa shape index (κ1) is 17.9. The summed E-state index contributed by atoms with van der Waals surface area (Å²) in [6.45, 7) is 0. The van der Waals surface area contributed by atoms with Crippen LogP contribution in [0.4, 0.5) is 5.69 Å². The zero-order valence-electron chi connectivity index (χ0n) is 14.6. The second-order valence-corrected chi connectivity index (χ2v) is 6.35. The number of hydrogen-bond donors (Lipinski definition) is 1. The number of halogens is 1. The summed E-state index contributed by atoms with van der Waals surface area (Å²) in [5, 5.41) is 11.5. The highest BCUT2D eigenvalue weighted by Gasteiger charge is 2.13. The van der Waals surface area contributed by atoms with Crippen LogP contribution >= 0.6 is 11.6 Å². The highest BCUT2D eigenvalue weighted by atomic mass is 35.5. The van der Waals surface area contributed by atoms with Crippen molar-refractivity contribution in [1.82, 2.24) is 24.9 Å². The molecule has 0 radical (unpaired) electrons. The van der Waals surface area contributed by atoms with E-state index in [9.17, 15) is 4.79 Å². The Hall–Kier alpha value is -3.52. The highest BCUT2D eigenvalue weighted by Crippen LogP contribution is 2.24. The number of hydrogen-bond acceptors (Lipinski definition) is 6. The number of nitrogens with zero attached hydrogens (tertiary/aromatic N) is 5. The standard InChI is InChI=1S/C19H15ClN6O2/c20-14-4-5-16(26-10-2-9-22-26)15(11-14)23-17(27)6-7-18-24-19(25-28-18)13-3-1-8-21-12-13/h1-5,8-12H,6-7H2,(H,23,27). The predicted molar refractivity (Wildman–Crippen MR) is 103 cm³/mol. The van der Waals surface area contributed by atoms with Crippen molar-refractivity contribution in [1.29, 1.82) is 0 Å². The van der Waals surface area contributed by atoms with Gasteiger partial charge < -0.3 is 9.84 Å². The number of benzene rings is 1. The van der Waals surface area contributed by atoms with E-state index in [0.717, 1.165) is 11.3 Å². The topological polar surface area (TPSA) is 98.7 Å². The second-order valence-electron chi connectivity index (χ2n) is 5.91. The molecule has 1 N–H and O–H groups in total. The van der Waals surface area contributed by atoms with Crippen LogP contribution in [0.15, 0.2) is 65.7 Å². The number of nitrogens with one attached hydrogen (secondary N) is 1. The van der Waals surface area contributed by atoms with Gasteiger partial charge in [-0.25, -0.2) is 4.68 Å². The highest BCUT2D eigenvalue weighted by molar-refractivity contribution is 6.31. The average Bonchev–Trinajstić information content (AvgIpc) is 3.39. The van der Waals surface area contributed by atoms with Crippen LogP contribution in [0.5, 0.6) is 0 Å². The maximum Gasteiger partial charge on any atom is 0.227 e. The van der Waals surface area contributed by atoms with Gasteiger partial charge >= 0.3 is 0 Å². The summed E-state index contributed by atoms with van der Waals surface area (Å²) >= 11 is 6.08. The van der Waals surface area contributed by atoms with Crippen molar-refractivity contribution in [3.8, 4) is 17.1 Å². The van der Waals surface area contributed by atoms with Crippen molar-refractivity contribution >= 4 is 23.2 Å². The molecule has 0 saturated carbocycles. The molecular weight excluding hydrogens is 380 g/mol. The third kappa shape index (κ3) is 4.07. The molecule has 4 aromatic rings. The van der Waals surface area contributed by atoms with Crippen molar-refractivity contribution in [2.45, 2.75) is 12.8 Å². The third-order valence-electron chi connectivity index (χ3n) is 3.94. The van der Waals surface area contributed by atoms with Gasteiger partial charge in [0.2, 0.25) is 17.6 Å². The molecule has 0 spiro atoms. The van der Waals surface area contributed by atoms with Crippen LogP contribution in [0, 0.1) is 0 Å². The maximum atomic E-state index is 12.4. The molecule has 0 fully saturated rings. The molecule has 0 saturated heterocycles. The molecular formula is C19H15ClN6O2. The lowest BCUT2D eigenvalue weighted by molar-refractivity contribution is -0.116. The van der Waals surface area contributed by atoms with Gasteiger partial charge in [-0.05, 0) is 36.4 Å². The molecule has 4 rings (SSSR count). The first-order chi connectivity index (χ1) is 13.7. The summed E-state index contributed by atoms with van der Waals surface area (Å²) in [5.74, 6) is 0.628. The lowest BCUT2D eigenvalue weighted by atomic mass is 10.2. The van der Waals surface area contributed by atoms with Crippen LogP contribution in [-0.4, -0.2) is 30.8 Å². The first-order valence-corrected chi connectivity index (χ1v) is 8.89. The summed E-state index contributed by atoms with van der Waals surface area (Å²) in [7, 11) is 0. The van der Waals surface area contributed by atoms with E-state index in [1.807, 2.05) is 6.07 Å². The Balaban J connectivity index is 1.42. The molecule has 140 valence electrons. The molecule has 1 amide bonds. The van der Waals surface area contributed by atoms with E-state index < -0.39 is 0 Å². The number of pyridine rings is 1. The van der Waals surface area contributed by atoms with E-state index >= 15 is 0 Å². The number of carbonyl (C=O) groups excluding carboxylic acids is 1. The molecule has 0 atom stereocenters. The van der Waals surface area contributed by atoms with Crippen molar-refractivity contribution in [2.24, 2.45) is 0 Å². The van der Waals surface area contributed by atoms with Crippen molar-refractivity contribution in [3.63, 3.8) is 0 Å². The lowest BCUT2D eigenvalue weighted by Crippen LogP contribution is -2.14. The maximum absolute atomic E-state index is 12.4. The molecule has 0 aliphatic heterocycles. The largest absolute Gasteiger partial charge is 0.339 e. The molecule has 8 nitrogen and oxygen atoms in total. The van der Waals surface area contributed by atoms with Gasteiger partial charge in [0.25, 0.3) is 0 Å². The Morgan fingerprint density at radius 1 is 1.21 bits per heavy atom. The van der Waals surface area contributed by atoms with E-state index in [0.29, 0.717) is 28.8 Å². The van der Waals surface area contributed by atoms with Crippen molar-refractivity contribution in [3.05, 3.63) is 72.1 Å². The molecule has 3 heterocycles. The number of aromatic nitrogens is 5. The smallest absolute Gasteiger partial charge is 0.227 e. The fourth-order valence-corrected chi connectivity index (χ4v) is 2.79. The van der Waals surface area contributed by atoms with Crippen LogP contribution in [0.2, 0.25) is 5.02 Å². The van der Waals surface area contributed by atoms with Gasteiger partial charge in [-0.3, -0.25) is 9.78 Å². The van der Waals surface area contributed by atoms with E-state index in [1.54, 1.807) is 59.8 Å². The molecule has 0 unspecified atom stereocenters. The molecule has 1 aromatic carbocycles. The van der Waals surface area contributed by atoms with Crippen LogP contribution in [-0.2, 0) is 11.2 Å². The van der Waals surface area contributed by atoms with Crippen molar-refractivity contribution < 1.29 is 9.32 Å². The Labute approximate surface area is 165 Å². The van der Waals surface area contributed by atoms with Crippen LogP contribution < -0.4 is 5.32 Å². The van der Waals surface area contributed by atoms with Gasteiger partial charge in [0.15, 0.2) is 0 Å². The molecule has 0 bridgehead atoms. The number of anilines is 1. The zero-order valence-corrected chi connectivity index (χ0v) is 15.4. The van der Waals surface area contributed by atoms with Crippen molar-refractivity contribution in [2.75, 3.05) is 5.32 Å². The van der Waals surface area contributed by atoms with E-state index in [-0.39, 0.29) is 12.3 Å². The molecule has 28 heavy (non-hydrogen) atoms. The van der Waals surface area contributed by atoms with Crippen LogP contribution in [0.3, 0.4) is 0 Å². The first-order valence-electron chi connectivity index (χ1n) is 8.51. The number of carbonyl (C=O) groups is 1. The molecule has 0 aliphatic rings. The zero-order chi connectivity index (χ0) is 19.3. The summed E-state index contributed by atoms with van der Waals surface area (Å²) in [4.78, 5) is 20.7. The fraction of sp³-hybridized carbons (Fsp3) is 0.105. The van der Waals surface area contributed by atoms with Gasteiger partial charge in [-0.2, -0.15) is 10.1 Å². The minimum atomic E-state index is -0.197. The van der Waals surface area contributed by atoms with Gasteiger partial charge in [-0.1, -0.05) is 16.8 Å². The van der Waals surface area contributed by atoms with Crippen LogP contribution in [0.25, 0.3) is 17.1 Å². The summed E-state index contributed by atoms with van der Waals surface area (Å²) < 4.78 is 6.87. The Morgan fingerprint density at radius 3 is 2.93 bits per heavy atom. The van der Waals surface area contributed by atoms with E-state index in [2.05, 4.69) is 25.5 Å². The third-order valence-corrected chi connectivity index (χ3v) is 4.17. The molecule has 0 aliphatic carbocycles. The minimum absolute atomic E-state index is 0.180. The van der Waals surface area contributed by atoms with E-state index in [4.69, 9.17) is 16.1 Å². The number of rotatable bonds is 6. The van der Waals surface area contributed by atoms with Gasteiger partial charge in [0, 0.05) is 48.2 Å². The quantitative estimate of drug-likeness (QED) is 0.537. The molecule has 3 aromatic heterocycles. The number of amides is 1. The number of aryl methyl sites for hydroxylation is 1. The lowest BCUT2D eigenvalue weighted by Gasteiger charge is -2.11. The second kappa shape index (κ2) is 8.01. The van der Waals surface area contributed by atoms with E-state index in [1.165, 1.54) is 0 Å². The Bertz CT molecular complexity index is 1080. The van der Waals surface area contributed by atoms with Crippen LogP contribution in [0.1, 0.15) is 12.3 Å². The predicted octanol–water partition coefficient (Wildman–Crippen LogP) is 3.54. The minimum Gasteiger partial charge on any atom is -0.339 e. The Kier molecular flexibility index (Phi) is 5.11. The van der Waals surface area contributed by atoms with Gasteiger partial charge in [0.05, 0.1) is 11.4 Å².